The van der Waals surface area contributed by atoms with E-state index in [1.54, 1.807) is 0 Å². The normalized spacial score (nSPS) is 13.8. The van der Waals surface area contributed by atoms with Crippen molar-refractivity contribution in [1.29, 1.82) is 0 Å². The van der Waals surface area contributed by atoms with Gasteiger partial charge in [-0.15, -0.1) is 11.3 Å². The smallest absolute Gasteiger partial charge is 0.109 e. The molecule has 0 radical (unpaired) electrons. The highest BCUT2D eigenvalue weighted by atomic mass is 32.1. The van der Waals surface area contributed by atoms with Gasteiger partial charge in [-0.1, -0.05) is 54.6 Å². The number of nitrogens with two attached hydrogens (primary N) is 1. The molecule has 0 unspecified atom stereocenters. The topological polar surface area (TPSA) is 32.4 Å². The molecule has 0 saturated carbocycles. The highest BCUT2D eigenvalue weighted by molar-refractivity contribution is 7.10. The second kappa shape index (κ2) is 7.26. The largest absolute Gasteiger partial charge is 0.361 e. The van der Waals surface area contributed by atoms with E-state index in [4.69, 9.17) is 0 Å². The molecule has 3 N–H and O–H groups in total. The molecule has 2 nitrogen and oxygen atoms in total. The van der Waals surface area contributed by atoms with Gasteiger partial charge < -0.3 is 10.3 Å². The Bertz CT molecular complexity index is 925. The maximum atomic E-state index is 3.44. The molecule has 0 saturated heterocycles. The Morgan fingerprint density at radius 2 is 1.76 bits per heavy atom. The van der Waals surface area contributed by atoms with Crippen LogP contribution in [0.1, 0.15) is 34.9 Å². The van der Waals surface area contributed by atoms with Crippen molar-refractivity contribution in [3.63, 3.8) is 0 Å². The van der Waals surface area contributed by atoms with Crippen LogP contribution in [0.15, 0.2) is 78.3 Å². The van der Waals surface area contributed by atoms with Crippen LogP contribution in [0.25, 0.3) is 10.9 Å². The van der Waals surface area contributed by atoms with Crippen molar-refractivity contribution in [2.45, 2.75) is 18.9 Å². The van der Waals surface area contributed by atoms with E-state index in [1.165, 1.54) is 26.9 Å². The average molecular weight is 348 g/mol. The van der Waals surface area contributed by atoms with Crippen molar-refractivity contribution in [2.24, 2.45) is 0 Å². The van der Waals surface area contributed by atoms with Gasteiger partial charge in [0.2, 0.25) is 0 Å². The summed E-state index contributed by atoms with van der Waals surface area (Å²) in [7, 11) is 0. The van der Waals surface area contributed by atoms with E-state index in [0.717, 1.165) is 6.54 Å². The molecule has 0 fully saturated rings. The summed E-state index contributed by atoms with van der Waals surface area (Å²) in [5.74, 6) is 0.405. The molecular weight excluding hydrogens is 324 g/mol. The lowest BCUT2D eigenvalue weighted by Crippen LogP contribution is -2.85. The van der Waals surface area contributed by atoms with Gasteiger partial charge in [-0.3, -0.25) is 0 Å². The van der Waals surface area contributed by atoms with Crippen molar-refractivity contribution < 1.29 is 5.32 Å². The number of aromatic nitrogens is 1. The third-order valence-corrected chi connectivity index (χ3v) is 5.92. The second-order valence-corrected chi connectivity index (χ2v) is 7.51. The van der Waals surface area contributed by atoms with Gasteiger partial charge in [-0.2, -0.15) is 0 Å². The summed E-state index contributed by atoms with van der Waals surface area (Å²) in [6.07, 6.45) is 2.19. The zero-order chi connectivity index (χ0) is 17.1. The number of fused-ring (bicyclic) bond motifs is 1. The molecular formula is C22H23N2S+. The van der Waals surface area contributed by atoms with Crippen LogP contribution >= 0.6 is 11.3 Å². The molecule has 126 valence electrons. The predicted molar refractivity (Wildman–Crippen MR) is 106 cm³/mol. The van der Waals surface area contributed by atoms with Gasteiger partial charge in [-0.05, 0) is 30.0 Å². The molecule has 0 spiro atoms. The Balaban J connectivity index is 1.61. The quantitative estimate of drug-likeness (QED) is 0.507. The average Bonchev–Trinajstić information content (AvgIpc) is 3.33. The van der Waals surface area contributed by atoms with Crippen LogP contribution in [0.2, 0.25) is 0 Å². The molecule has 25 heavy (non-hydrogen) atoms. The van der Waals surface area contributed by atoms with E-state index in [1.807, 2.05) is 11.3 Å². The van der Waals surface area contributed by atoms with Crippen LogP contribution in [0.5, 0.6) is 0 Å². The molecule has 0 amide bonds. The molecule has 2 heterocycles. The molecule has 3 heteroatoms. The fourth-order valence-electron chi connectivity index (χ4n) is 3.50. The second-order valence-electron chi connectivity index (χ2n) is 6.53. The molecule has 0 bridgehead atoms. The predicted octanol–water partition coefficient (Wildman–Crippen LogP) is 4.69. The summed E-state index contributed by atoms with van der Waals surface area (Å²) in [4.78, 5) is 4.87. The van der Waals surface area contributed by atoms with Crippen LogP contribution in [-0.2, 0) is 0 Å². The fraction of sp³-hybridized carbons (Fsp3) is 0.182. The Hall–Kier alpha value is -2.36. The Kier molecular flexibility index (Phi) is 4.68. The van der Waals surface area contributed by atoms with Crippen LogP contribution in [0.3, 0.4) is 0 Å². The minimum atomic E-state index is 0.405. The number of para-hydroxylation sites is 1. The van der Waals surface area contributed by atoms with Gasteiger partial charge in [0.1, 0.15) is 6.04 Å². The van der Waals surface area contributed by atoms with E-state index < -0.39 is 0 Å². The molecule has 4 aromatic rings. The standard InChI is InChI=1S/C22H22N2S/c1-16(17-8-3-2-4-9-17)23-15-20(22-12-7-13-25-22)19-14-24-21-11-6-5-10-18(19)21/h2-14,16,20,23-24H,15H2,1H3/p+1/t16-,20+/m1/s1. The third-order valence-electron chi connectivity index (χ3n) is 4.93. The van der Waals surface area contributed by atoms with Crippen molar-refractivity contribution >= 4 is 22.2 Å². The first-order valence-electron chi connectivity index (χ1n) is 8.80. The van der Waals surface area contributed by atoms with Crippen LogP contribution < -0.4 is 5.32 Å². The number of H-pyrrole nitrogens is 1. The third kappa shape index (κ3) is 3.39. The Morgan fingerprint density at radius 3 is 2.56 bits per heavy atom. The lowest BCUT2D eigenvalue weighted by molar-refractivity contribution is -0.693. The number of benzene rings is 2. The van der Waals surface area contributed by atoms with Crippen molar-refractivity contribution in [3.05, 3.63) is 94.3 Å². The molecule has 2 aromatic heterocycles. The van der Waals surface area contributed by atoms with E-state index >= 15 is 0 Å². The maximum Gasteiger partial charge on any atom is 0.109 e. The van der Waals surface area contributed by atoms with Gasteiger partial charge in [0, 0.05) is 27.5 Å². The highest BCUT2D eigenvalue weighted by Gasteiger charge is 2.22. The Labute approximate surface area is 152 Å². The number of rotatable bonds is 6. The van der Waals surface area contributed by atoms with E-state index in [9.17, 15) is 0 Å². The lowest BCUT2D eigenvalue weighted by atomic mass is 9.96. The summed E-state index contributed by atoms with van der Waals surface area (Å²) in [6.45, 7) is 3.33. The van der Waals surface area contributed by atoms with Gasteiger partial charge in [0.05, 0.1) is 12.5 Å². The zero-order valence-corrected chi connectivity index (χ0v) is 15.2. The number of thiophene rings is 1. The SMILES string of the molecule is C[C@@H]([NH2+]C[C@H](c1cccs1)c1c[nH]c2ccccc12)c1ccccc1. The number of hydrogen-bond acceptors (Lipinski definition) is 1. The number of aromatic amines is 1. The first-order valence-corrected chi connectivity index (χ1v) is 9.68. The van der Waals surface area contributed by atoms with E-state index in [2.05, 4.69) is 95.5 Å². The molecule has 2 aromatic carbocycles. The van der Waals surface area contributed by atoms with Crippen molar-refractivity contribution in [1.82, 2.24) is 4.98 Å². The number of hydrogen-bond donors (Lipinski definition) is 2. The molecule has 0 aliphatic rings. The maximum absolute atomic E-state index is 3.44. The minimum absolute atomic E-state index is 0.405. The molecule has 0 aliphatic heterocycles. The van der Waals surface area contributed by atoms with Gasteiger partial charge in [-0.25, -0.2) is 0 Å². The fourth-order valence-corrected chi connectivity index (χ4v) is 4.36. The first kappa shape index (κ1) is 16.1. The highest BCUT2D eigenvalue weighted by Crippen LogP contribution is 2.32. The first-order chi connectivity index (χ1) is 12.3. The van der Waals surface area contributed by atoms with Gasteiger partial charge in [0.25, 0.3) is 0 Å². The summed E-state index contributed by atoms with van der Waals surface area (Å²) < 4.78 is 0. The molecule has 4 rings (SSSR count). The minimum Gasteiger partial charge on any atom is -0.361 e. The van der Waals surface area contributed by atoms with Crippen molar-refractivity contribution in [3.8, 4) is 0 Å². The summed E-state index contributed by atoms with van der Waals surface area (Å²) in [5, 5.41) is 5.97. The summed E-state index contributed by atoms with van der Waals surface area (Å²) in [5.41, 5.74) is 4.00. The number of quaternary nitrogens is 1. The van der Waals surface area contributed by atoms with Crippen LogP contribution in [0.4, 0.5) is 0 Å². The lowest BCUT2D eigenvalue weighted by Gasteiger charge is -2.17. The summed E-state index contributed by atoms with van der Waals surface area (Å²) in [6, 6.07) is 24.2. The van der Waals surface area contributed by atoms with Gasteiger partial charge in [0.15, 0.2) is 0 Å². The van der Waals surface area contributed by atoms with Crippen LogP contribution in [0, 0.1) is 0 Å². The molecule has 0 aliphatic carbocycles. The van der Waals surface area contributed by atoms with E-state index in [0.29, 0.717) is 12.0 Å². The van der Waals surface area contributed by atoms with Crippen LogP contribution in [-0.4, -0.2) is 11.5 Å². The zero-order valence-electron chi connectivity index (χ0n) is 14.4. The number of nitrogens with one attached hydrogen (secondary N) is 1. The monoisotopic (exact) mass is 347 g/mol. The van der Waals surface area contributed by atoms with Crippen molar-refractivity contribution in [2.75, 3.05) is 6.54 Å². The van der Waals surface area contributed by atoms with E-state index in [-0.39, 0.29) is 0 Å². The Morgan fingerprint density at radius 1 is 0.960 bits per heavy atom. The summed E-state index contributed by atoms with van der Waals surface area (Å²) >= 11 is 1.85. The van der Waals surface area contributed by atoms with Gasteiger partial charge >= 0.3 is 0 Å². The molecule has 2 atom stereocenters.